The van der Waals surface area contributed by atoms with Gasteiger partial charge in [-0.3, -0.25) is 14.1 Å². The molecule has 2 aromatic rings. The van der Waals surface area contributed by atoms with Crippen LogP contribution in [0.25, 0.3) is 5.65 Å². The summed E-state index contributed by atoms with van der Waals surface area (Å²) in [4.78, 5) is 18.8. The normalized spacial score (nSPS) is 15.0. The van der Waals surface area contributed by atoms with Gasteiger partial charge in [0.1, 0.15) is 11.3 Å². The van der Waals surface area contributed by atoms with Crippen molar-refractivity contribution in [2.45, 2.75) is 6.92 Å². The molecule has 0 radical (unpaired) electrons. The van der Waals surface area contributed by atoms with E-state index in [1.54, 1.807) is 6.20 Å². The maximum Gasteiger partial charge on any atom is 0.269 e. The molecule has 1 fully saturated rings. The summed E-state index contributed by atoms with van der Waals surface area (Å²) in [6.07, 6.45) is 3.55. The minimum atomic E-state index is -0.0821. The number of nitrogens with one attached hydrogen (secondary N) is 1. The number of pyridine rings is 1. The summed E-state index contributed by atoms with van der Waals surface area (Å²) in [5, 5.41) is 2.96. The number of ether oxygens (including phenoxy) is 1. The number of aryl methyl sites for hydroxylation is 1. The predicted molar refractivity (Wildman–Crippen MR) is 92.9 cm³/mol. The van der Waals surface area contributed by atoms with Gasteiger partial charge in [-0.1, -0.05) is 6.07 Å². The van der Waals surface area contributed by atoms with Crippen LogP contribution in [-0.2, 0) is 4.74 Å². The lowest BCUT2D eigenvalue weighted by molar-refractivity contribution is 0.0383. The highest BCUT2D eigenvalue weighted by Crippen LogP contribution is 2.08. The van der Waals surface area contributed by atoms with E-state index in [9.17, 15) is 4.79 Å². The highest BCUT2D eigenvalue weighted by molar-refractivity contribution is 5.93. The monoisotopic (exact) mass is 318 g/mol. The van der Waals surface area contributed by atoms with Crippen molar-refractivity contribution >= 4 is 11.6 Å². The molecule has 126 valence electrons. The molecule has 6 heteroatoms. The molecule has 0 bridgehead atoms. The second-order valence-electron chi connectivity index (χ2n) is 5.29. The van der Waals surface area contributed by atoms with Gasteiger partial charge in [-0.15, -0.1) is 13.2 Å². The summed E-state index contributed by atoms with van der Waals surface area (Å²) < 4.78 is 7.14. The van der Waals surface area contributed by atoms with E-state index in [-0.39, 0.29) is 7.33 Å². The molecule has 0 atom stereocenters. The first-order chi connectivity index (χ1) is 11.2. The molecule has 1 amide bonds. The van der Waals surface area contributed by atoms with Crippen LogP contribution in [0.3, 0.4) is 0 Å². The van der Waals surface area contributed by atoms with Crippen LogP contribution >= 0.6 is 0 Å². The average Bonchev–Trinajstić information content (AvgIpc) is 3.00. The van der Waals surface area contributed by atoms with Crippen molar-refractivity contribution < 1.29 is 11.0 Å². The Morgan fingerprint density at radius 2 is 2.13 bits per heavy atom. The largest absolute Gasteiger partial charge is 0.379 e. The van der Waals surface area contributed by atoms with Gasteiger partial charge in [0, 0.05) is 33.8 Å². The number of carbonyl (C=O) groups is 1. The van der Waals surface area contributed by atoms with Crippen LogP contribution in [-0.4, -0.2) is 59.6 Å². The lowest BCUT2D eigenvalue weighted by Gasteiger charge is -2.26. The second-order valence-corrected chi connectivity index (χ2v) is 5.29. The SMILES string of the molecule is C=C.Cc1ccc2ncc(C(=O)NCCN3CCOCC3)n2c1.[HH]. The van der Waals surface area contributed by atoms with Crippen molar-refractivity contribution in [3.63, 3.8) is 0 Å². The number of amides is 1. The second kappa shape index (κ2) is 8.45. The molecule has 1 saturated heterocycles. The lowest BCUT2D eigenvalue weighted by atomic mass is 10.3. The third-order valence-corrected chi connectivity index (χ3v) is 3.70. The molecule has 3 heterocycles. The van der Waals surface area contributed by atoms with Crippen LogP contribution in [0.5, 0.6) is 0 Å². The summed E-state index contributed by atoms with van der Waals surface area (Å²) in [5.41, 5.74) is 2.47. The topological polar surface area (TPSA) is 58.9 Å². The summed E-state index contributed by atoms with van der Waals surface area (Å²) in [6, 6.07) is 3.91. The summed E-state index contributed by atoms with van der Waals surface area (Å²) >= 11 is 0. The van der Waals surface area contributed by atoms with E-state index in [0.717, 1.165) is 44.1 Å². The molecule has 1 N–H and O–H groups in total. The molecule has 1 aliphatic rings. The van der Waals surface area contributed by atoms with Gasteiger partial charge in [-0.05, 0) is 18.6 Å². The lowest BCUT2D eigenvalue weighted by Crippen LogP contribution is -2.41. The van der Waals surface area contributed by atoms with E-state index in [1.807, 2.05) is 29.7 Å². The Labute approximate surface area is 138 Å². The number of morpholine rings is 1. The molecular formula is C17H26N4O2. The van der Waals surface area contributed by atoms with Crippen molar-refractivity contribution in [1.29, 1.82) is 0 Å². The van der Waals surface area contributed by atoms with Crippen LogP contribution in [0, 0.1) is 6.92 Å². The predicted octanol–water partition coefficient (Wildman–Crippen LogP) is 1.75. The highest BCUT2D eigenvalue weighted by atomic mass is 16.5. The number of fused-ring (bicyclic) bond motifs is 1. The van der Waals surface area contributed by atoms with E-state index in [2.05, 4.69) is 28.4 Å². The smallest absolute Gasteiger partial charge is 0.269 e. The minimum absolute atomic E-state index is 0. The molecule has 0 unspecified atom stereocenters. The van der Waals surface area contributed by atoms with Gasteiger partial charge < -0.3 is 10.1 Å². The van der Waals surface area contributed by atoms with Gasteiger partial charge in [0.2, 0.25) is 0 Å². The van der Waals surface area contributed by atoms with Crippen LogP contribution < -0.4 is 5.32 Å². The Morgan fingerprint density at radius 3 is 2.87 bits per heavy atom. The molecular weight excluding hydrogens is 292 g/mol. The third kappa shape index (κ3) is 4.40. The Kier molecular flexibility index (Phi) is 6.31. The number of aromatic nitrogens is 2. The number of hydrogen-bond donors (Lipinski definition) is 1. The summed E-state index contributed by atoms with van der Waals surface area (Å²) in [5.74, 6) is -0.0821. The van der Waals surface area contributed by atoms with E-state index in [4.69, 9.17) is 4.74 Å². The number of imidazole rings is 1. The maximum atomic E-state index is 12.3. The van der Waals surface area contributed by atoms with Gasteiger partial charge in [-0.25, -0.2) is 4.98 Å². The number of carbonyl (C=O) groups excluding carboxylic acids is 1. The molecule has 0 aromatic carbocycles. The fraction of sp³-hybridized carbons (Fsp3) is 0.412. The van der Waals surface area contributed by atoms with Crippen LogP contribution in [0.2, 0.25) is 0 Å². The van der Waals surface area contributed by atoms with Gasteiger partial charge in [0.15, 0.2) is 0 Å². The van der Waals surface area contributed by atoms with Crippen LogP contribution in [0.15, 0.2) is 37.7 Å². The van der Waals surface area contributed by atoms with E-state index in [0.29, 0.717) is 12.2 Å². The quantitative estimate of drug-likeness (QED) is 0.873. The fourth-order valence-electron chi connectivity index (χ4n) is 2.50. The average molecular weight is 318 g/mol. The fourth-order valence-corrected chi connectivity index (χ4v) is 2.50. The van der Waals surface area contributed by atoms with Crippen molar-refractivity contribution in [3.05, 3.63) is 48.9 Å². The first kappa shape index (κ1) is 17.2. The zero-order valence-electron chi connectivity index (χ0n) is 13.6. The van der Waals surface area contributed by atoms with Gasteiger partial charge >= 0.3 is 0 Å². The molecule has 2 aromatic heterocycles. The molecule has 0 spiro atoms. The van der Waals surface area contributed by atoms with Crippen LogP contribution in [0.1, 0.15) is 17.5 Å². The van der Waals surface area contributed by atoms with Gasteiger partial charge in [0.05, 0.1) is 19.4 Å². The Balaban J connectivity index is 0.000000925. The zero-order valence-corrected chi connectivity index (χ0v) is 13.6. The number of hydrogen-bond acceptors (Lipinski definition) is 4. The first-order valence-electron chi connectivity index (χ1n) is 7.76. The summed E-state index contributed by atoms with van der Waals surface area (Å²) in [6.45, 7) is 12.9. The van der Waals surface area contributed by atoms with Gasteiger partial charge in [0.25, 0.3) is 5.91 Å². The molecule has 0 aliphatic carbocycles. The molecule has 23 heavy (non-hydrogen) atoms. The number of rotatable bonds is 4. The first-order valence-corrected chi connectivity index (χ1v) is 7.76. The standard InChI is InChI=1S/C15H20N4O2.C2H4.H2/c1-12-2-3-14-17-10-13(19(14)11-12)15(20)16-4-5-18-6-8-21-9-7-18;1-2;/h2-3,10-11H,4-9H2,1H3,(H,16,20);1-2H2;1H. The van der Waals surface area contributed by atoms with E-state index >= 15 is 0 Å². The van der Waals surface area contributed by atoms with E-state index < -0.39 is 0 Å². The molecule has 0 saturated carbocycles. The molecule has 1 aliphatic heterocycles. The maximum absolute atomic E-state index is 12.3. The molecule has 3 rings (SSSR count). The molecule has 6 nitrogen and oxygen atoms in total. The summed E-state index contributed by atoms with van der Waals surface area (Å²) in [7, 11) is 0. The highest BCUT2D eigenvalue weighted by Gasteiger charge is 2.13. The van der Waals surface area contributed by atoms with Gasteiger partial charge in [-0.2, -0.15) is 0 Å². The van der Waals surface area contributed by atoms with Crippen molar-refractivity contribution in [1.82, 2.24) is 19.6 Å². The van der Waals surface area contributed by atoms with Crippen molar-refractivity contribution in [2.75, 3.05) is 39.4 Å². The minimum Gasteiger partial charge on any atom is -0.379 e. The zero-order chi connectivity index (χ0) is 16.7. The van der Waals surface area contributed by atoms with E-state index in [1.165, 1.54) is 0 Å². The van der Waals surface area contributed by atoms with Crippen molar-refractivity contribution in [2.24, 2.45) is 0 Å². The van der Waals surface area contributed by atoms with Crippen molar-refractivity contribution in [3.8, 4) is 0 Å². The number of nitrogens with zero attached hydrogens (tertiary/aromatic N) is 3. The Hall–Kier alpha value is -2.18. The third-order valence-electron chi connectivity index (χ3n) is 3.70. The van der Waals surface area contributed by atoms with Crippen LogP contribution in [0.4, 0.5) is 0 Å². The Bertz CT molecular complexity index is 653. The Morgan fingerprint density at radius 1 is 1.39 bits per heavy atom.